The zero-order chi connectivity index (χ0) is 19.2. The Labute approximate surface area is 158 Å². The van der Waals surface area contributed by atoms with Crippen molar-refractivity contribution in [3.05, 3.63) is 82.4 Å². The van der Waals surface area contributed by atoms with Gasteiger partial charge in [0, 0.05) is 22.6 Å². The van der Waals surface area contributed by atoms with Gasteiger partial charge < -0.3 is 0 Å². The highest BCUT2D eigenvalue weighted by atomic mass is 32.2. The highest BCUT2D eigenvalue weighted by molar-refractivity contribution is 8.00. The fourth-order valence-corrected chi connectivity index (χ4v) is 3.15. The number of carbonyl (C=O) groups excluding carboxylic acids is 2. The standard InChI is InChI=1S/C19H15N3O4S/c23-18(12-27-17-9-8-13-4-1-2-5-14(13)11-17)20-21-19(24)15-6-3-7-16(10-15)22(25)26/h1-11H,12H2,(H,20,23)(H,21,24). The minimum absolute atomic E-state index is 0.0895. The maximum Gasteiger partial charge on any atom is 0.270 e. The molecule has 0 unspecified atom stereocenters. The fraction of sp³-hybridized carbons (Fsp3) is 0.0526. The summed E-state index contributed by atoms with van der Waals surface area (Å²) in [6.45, 7) is 0. The van der Waals surface area contributed by atoms with Crippen molar-refractivity contribution in [3.63, 3.8) is 0 Å². The molecule has 0 aliphatic carbocycles. The highest BCUT2D eigenvalue weighted by Crippen LogP contribution is 2.23. The number of nitrogens with zero attached hydrogens (tertiary/aromatic N) is 1. The molecule has 2 amide bonds. The third kappa shape index (κ3) is 4.83. The number of non-ortho nitro benzene ring substituents is 1. The van der Waals surface area contributed by atoms with Gasteiger partial charge in [-0.1, -0.05) is 36.4 Å². The van der Waals surface area contributed by atoms with Crippen LogP contribution in [0.25, 0.3) is 10.8 Å². The largest absolute Gasteiger partial charge is 0.272 e. The van der Waals surface area contributed by atoms with Gasteiger partial charge in [0.15, 0.2) is 0 Å². The molecule has 0 radical (unpaired) electrons. The minimum Gasteiger partial charge on any atom is -0.272 e. The molecule has 0 spiro atoms. The lowest BCUT2D eigenvalue weighted by molar-refractivity contribution is -0.384. The molecule has 0 heterocycles. The van der Waals surface area contributed by atoms with Gasteiger partial charge >= 0.3 is 0 Å². The molecule has 0 aliphatic rings. The van der Waals surface area contributed by atoms with E-state index in [9.17, 15) is 19.7 Å². The molecule has 3 aromatic rings. The molecule has 136 valence electrons. The normalized spacial score (nSPS) is 10.4. The lowest BCUT2D eigenvalue weighted by Crippen LogP contribution is -2.42. The number of hydrazine groups is 1. The van der Waals surface area contributed by atoms with Gasteiger partial charge in [-0.15, -0.1) is 11.8 Å². The predicted molar refractivity (Wildman–Crippen MR) is 103 cm³/mol. The van der Waals surface area contributed by atoms with Gasteiger partial charge in [0.2, 0.25) is 5.91 Å². The van der Waals surface area contributed by atoms with Crippen molar-refractivity contribution >= 4 is 40.0 Å². The Balaban J connectivity index is 1.52. The van der Waals surface area contributed by atoms with E-state index in [-0.39, 0.29) is 22.9 Å². The molecule has 7 nitrogen and oxygen atoms in total. The van der Waals surface area contributed by atoms with Crippen molar-refractivity contribution in [3.8, 4) is 0 Å². The molecule has 0 atom stereocenters. The average Bonchev–Trinajstić information content (AvgIpc) is 2.70. The van der Waals surface area contributed by atoms with Crippen LogP contribution in [0.3, 0.4) is 0 Å². The first kappa shape index (κ1) is 18.4. The monoisotopic (exact) mass is 381 g/mol. The van der Waals surface area contributed by atoms with Gasteiger partial charge in [0.1, 0.15) is 0 Å². The van der Waals surface area contributed by atoms with Gasteiger partial charge in [-0.3, -0.25) is 30.6 Å². The maximum absolute atomic E-state index is 12.0. The molecule has 0 bridgehead atoms. The van der Waals surface area contributed by atoms with Crippen LogP contribution in [-0.2, 0) is 4.79 Å². The molecular formula is C19H15N3O4S. The van der Waals surface area contributed by atoms with Gasteiger partial charge in [-0.25, -0.2) is 0 Å². The van der Waals surface area contributed by atoms with Crippen LogP contribution in [0.1, 0.15) is 10.4 Å². The van der Waals surface area contributed by atoms with E-state index in [1.165, 1.54) is 30.0 Å². The van der Waals surface area contributed by atoms with Crippen molar-refractivity contribution in [2.45, 2.75) is 4.90 Å². The molecule has 0 saturated carbocycles. The second-order valence-electron chi connectivity index (χ2n) is 5.61. The van der Waals surface area contributed by atoms with E-state index in [0.29, 0.717) is 0 Å². The Hall–Kier alpha value is -3.39. The Morgan fingerprint density at radius 2 is 1.70 bits per heavy atom. The van der Waals surface area contributed by atoms with E-state index >= 15 is 0 Å². The number of hydrogen-bond donors (Lipinski definition) is 2. The molecule has 0 aromatic heterocycles. The molecule has 3 rings (SSSR count). The van der Waals surface area contributed by atoms with Crippen LogP contribution in [-0.4, -0.2) is 22.5 Å². The van der Waals surface area contributed by atoms with E-state index < -0.39 is 10.8 Å². The lowest BCUT2D eigenvalue weighted by Gasteiger charge is -2.08. The highest BCUT2D eigenvalue weighted by Gasteiger charge is 2.12. The van der Waals surface area contributed by atoms with Gasteiger partial charge in [-0.2, -0.15) is 0 Å². The first-order valence-electron chi connectivity index (χ1n) is 7.98. The molecule has 8 heteroatoms. The number of carbonyl (C=O) groups is 2. The molecular weight excluding hydrogens is 366 g/mol. The fourth-order valence-electron chi connectivity index (χ4n) is 2.40. The van der Waals surface area contributed by atoms with Gasteiger partial charge in [0.05, 0.1) is 10.7 Å². The summed E-state index contributed by atoms with van der Waals surface area (Å²) in [4.78, 5) is 35.0. The Kier molecular flexibility index (Phi) is 5.68. The van der Waals surface area contributed by atoms with Crippen LogP contribution in [0.5, 0.6) is 0 Å². The van der Waals surface area contributed by atoms with E-state index in [4.69, 9.17) is 0 Å². The molecule has 27 heavy (non-hydrogen) atoms. The van der Waals surface area contributed by atoms with Crippen LogP contribution in [0.2, 0.25) is 0 Å². The predicted octanol–water partition coefficient (Wildman–Crippen LogP) is 3.30. The quantitative estimate of drug-likeness (QED) is 0.401. The van der Waals surface area contributed by atoms with Crippen molar-refractivity contribution in [1.82, 2.24) is 10.9 Å². The number of thioether (sulfide) groups is 1. The third-order valence-electron chi connectivity index (χ3n) is 3.73. The second-order valence-corrected chi connectivity index (χ2v) is 6.66. The van der Waals surface area contributed by atoms with Crippen LogP contribution in [0, 0.1) is 10.1 Å². The lowest BCUT2D eigenvalue weighted by atomic mass is 10.1. The third-order valence-corrected chi connectivity index (χ3v) is 4.72. The summed E-state index contributed by atoms with van der Waals surface area (Å²) in [5.74, 6) is -0.886. The van der Waals surface area contributed by atoms with Crippen molar-refractivity contribution in [2.24, 2.45) is 0 Å². The molecule has 3 aromatic carbocycles. The van der Waals surface area contributed by atoms with Crippen LogP contribution in [0.15, 0.2) is 71.6 Å². The smallest absolute Gasteiger partial charge is 0.270 e. The Bertz CT molecular complexity index is 1020. The second kappa shape index (κ2) is 8.33. The van der Waals surface area contributed by atoms with Crippen molar-refractivity contribution < 1.29 is 14.5 Å². The number of fused-ring (bicyclic) bond motifs is 1. The van der Waals surface area contributed by atoms with E-state index in [2.05, 4.69) is 10.9 Å². The summed E-state index contributed by atoms with van der Waals surface area (Å²) in [7, 11) is 0. The zero-order valence-electron chi connectivity index (χ0n) is 14.0. The number of rotatable bonds is 5. The SMILES string of the molecule is O=C(CSc1ccc2ccccc2c1)NNC(=O)c1cccc([N+](=O)[O-])c1. The summed E-state index contributed by atoms with van der Waals surface area (Å²) < 4.78 is 0. The molecule has 0 fully saturated rings. The van der Waals surface area contributed by atoms with Crippen molar-refractivity contribution in [2.75, 3.05) is 5.75 Å². The summed E-state index contributed by atoms with van der Waals surface area (Å²) in [5.41, 5.74) is 4.46. The topological polar surface area (TPSA) is 101 Å². The number of hydrogen-bond acceptors (Lipinski definition) is 5. The van der Waals surface area contributed by atoms with Crippen LogP contribution < -0.4 is 10.9 Å². The summed E-state index contributed by atoms with van der Waals surface area (Å²) in [6, 6.07) is 19.1. The number of nitro groups is 1. The average molecular weight is 381 g/mol. The van der Waals surface area contributed by atoms with Gasteiger partial charge in [0.25, 0.3) is 11.6 Å². The Morgan fingerprint density at radius 1 is 0.926 bits per heavy atom. The summed E-state index contributed by atoms with van der Waals surface area (Å²) in [5, 5.41) is 13.0. The molecule has 0 aliphatic heterocycles. The maximum atomic E-state index is 12.0. The first-order valence-corrected chi connectivity index (χ1v) is 8.97. The first-order chi connectivity index (χ1) is 13.0. The molecule has 0 saturated heterocycles. The van der Waals surface area contributed by atoms with Crippen LogP contribution >= 0.6 is 11.8 Å². The zero-order valence-corrected chi connectivity index (χ0v) is 14.9. The van der Waals surface area contributed by atoms with Crippen molar-refractivity contribution in [1.29, 1.82) is 0 Å². The Morgan fingerprint density at radius 3 is 2.48 bits per heavy atom. The number of nitro benzene ring substituents is 1. The number of benzene rings is 3. The number of nitrogens with one attached hydrogen (secondary N) is 2. The number of amides is 2. The minimum atomic E-state index is -0.622. The molecule has 2 N–H and O–H groups in total. The summed E-state index contributed by atoms with van der Waals surface area (Å²) in [6.07, 6.45) is 0. The summed E-state index contributed by atoms with van der Waals surface area (Å²) >= 11 is 1.34. The van der Waals surface area contributed by atoms with Gasteiger partial charge in [-0.05, 0) is 29.0 Å². The van der Waals surface area contributed by atoms with E-state index in [0.717, 1.165) is 21.7 Å². The van der Waals surface area contributed by atoms with E-state index in [1.807, 2.05) is 42.5 Å². The van der Waals surface area contributed by atoms with Crippen LogP contribution in [0.4, 0.5) is 5.69 Å². The van der Waals surface area contributed by atoms with E-state index in [1.54, 1.807) is 0 Å².